The Morgan fingerprint density at radius 2 is 1.79 bits per heavy atom. The minimum absolute atomic E-state index is 0.0321. The number of aromatic nitrogens is 1. The number of carbonyl (C=O) groups excluding carboxylic acids is 3. The van der Waals surface area contributed by atoms with E-state index < -0.39 is 0 Å². The maximum atomic E-state index is 12.7. The molecule has 2 aromatic rings. The Hall–Kier alpha value is -3.42. The van der Waals surface area contributed by atoms with Crippen LogP contribution < -0.4 is 10.1 Å². The van der Waals surface area contributed by atoms with E-state index in [2.05, 4.69) is 10.3 Å². The lowest BCUT2D eigenvalue weighted by Gasteiger charge is -2.32. The number of piperazine rings is 1. The molecule has 0 bridgehead atoms. The lowest BCUT2D eigenvalue weighted by molar-refractivity contribution is -0.119. The summed E-state index contributed by atoms with van der Waals surface area (Å²) in [5.41, 5.74) is 1.17. The van der Waals surface area contributed by atoms with Crippen LogP contribution in [-0.2, 0) is 4.79 Å². The van der Waals surface area contributed by atoms with Gasteiger partial charge in [-0.15, -0.1) is 0 Å². The number of para-hydroxylation sites is 2. The average Bonchev–Trinajstić information content (AvgIpc) is 2.74. The molecule has 3 rings (SSSR count). The third-order valence-electron chi connectivity index (χ3n) is 4.50. The Labute approximate surface area is 169 Å². The van der Waals surface area contributed by atoms with Gasteiger partial charge in [0.05, 0.1) is 22.9 Å². The molecule has 0 unspecified atom stereocenters. The molecule has 0 spiro atoms. The van der Waals surface area contributed by atoms with Gasteiger partial charge < -0.3 is 19.9 Å². The second-order valence-corrected chi connectivity index (χ2v) is 7.01. The van der Waals surface area contributed by atoms with Crippen LogP contribution in [0.5, 0.6) is 5.75 Å². The molecule has 3 amide bonds. The third kappa shape index (κ3) is 5.10. The van der Waals surface area contributed by atoms with Crippen molar-refractivity contribution in [3.63, 3.8) is 0 Å². The van der Waals surface area contributed by atoms with Gasteiger partial charge in [-0.25, -0.2) is 0 Å². The van der Waals surface area contributed by atoms with Crippen molar-refractivity contribution in [3.05, 3.63) is 53.9 Å². The Kier molecular flexibility index (Phi) is 6.43. The van der Waals surface area contributed by atoms with Gasteiger partial charge in [0.1, 0.15) is 5.75 Å². The van der Waals surface area contributed by atoms with Gasteiger partial charge in [0.15, 0.2) is 0 Å². The molecule has 8 nitrogen and oxygen atoms in total. The predicted octanol–water partition coefficient (Wildman–Crippen LogP) is 2.04. The first kappa shape index (κ1) is 20.3. The van der Waals surface area contributed by atoms with Crippen LogP contribution in [0.1, 0.15) is 34.6 Å². The highest BCUT2D eigenvalue weighted by molar-refractivity contribution is 6.06. The maximum Gasteiger partial charge on any atom is 0.257 e. The molecule has 0 saturated carbocycles. The van der Waals surface area contributed by atoms with Crippen LogP contribution in [0, 0.1) is 0 Å². The molecule has 1 aromatic heterocycles. The van der Waals surface area contributed by atoms with E-state index in [-0.39, 0.29) is 23.5 Å². The first-order valence-corrected chi connectivity index (χ1v) is 9.48. The monoisotopic (exact) mass is 396 g/mol. The molecule has 1 aromatic carbocycles. The Morgan fingerprint density at radius 1 is 1.10 bits per heavy atom. The molecule has 29 heavy (non-hydrogen) atoms. The lowest BCUT2D eigenvalue weighted by atomic mass is 10.1. The number of hydrogen-bond acceptors (Lipinski definition) is 5. The van der Waals surface area contributed by atoms with Crippen molar-refractivity contribution < 1.29 is 19.1 Å². The second kappa shape index (κ2) is 9.18. The average molecular weight is 396 g/mol. The van der Waals surface area contributed by atoms with Gasteiger partial charge in [-0.3, -0.25) is 19.4 Å². The summed E-state index contributed by atoms with van der Waals surface area (Å²) in [6, 6.07) is 8.71. The normalized spacial score (nSPS) is 13.9. The first-order valence-electron chi connectivity index (χ1n) is 9.48. The largest absolute Gasteiger partial charge is 0.489 e. The standard InChI is InChI=1S/C21H24N4O4/c1-15(2)29-19-6-4-3-5-18(19)23-20(27)16-11-17(13-22-12-16)21(28)25-9-7-24(14-26)8-10-25/h3-6,11-15H,7-10H2,1-2H3,(H,23,27). The van der Waals surface area contributed by atoms with Crippen molar-refractivity contribution in [3.8, 4) is 5.75 Å². The number of hydrogen-bond donors (Lipinski definition) is 1. The predicted molar refractivity (Wildman–Crippen MR) is 108 cm³/mol. The number of nitrogens with one attached hydrogen (secondary N) is 1. The van der Waals surface area contributed by atoms with Crippen LogP contribution in [-0.4, -0.2) is 65.3 Å². The molecule has 2 heterocycles. The fourth-order valence-electron chi connectivity index (χ4n) is 3.02. The van der Waals surface area contributed by atoms with E-state index in [1.165, 1.54) is 18.5 Å². The van der Waals surface area contributed by atoms with E-state index in [1.807, 2.05) is 19.9 Å². The van der Waals surface area contributed by atoms with Gasteiger partial charge in [-0.05, 0) is 32.0 Å². The molecule has 1 aliphatic rings. The van der Waals surface area contributed by atoms with Crippen LogP contribution >= 0.6 is 0 Å². The van der Waals surface area contributed by atoms with Crippen LogP contribution in [0.4, 0.5) is 5.69 Å². The summed E-state index contributed by atoms with van der Waals surface area (Å²) in [7, 11) is 0. The van der Waals surface area contributed by atoms with Crippen molar-refractivity contribution in [1.29, 1.82) is 0 Å². The number of pyridine rings is 1. The topological polar surface area (TPSA) is 91.8 Å². The summed E-state index contributed by atoms with van der Waals surface area (Å²) in [5, 5.41) is 2.82. The smallest absolute Gasteiger partial charge is 0.257 e. The van der Waals surface area contributed by atoms with Crippen molar-refractivity contribution >= 4 is 23.9 Å². The summed E-state index contributed by atoms with van der Waals surface area (Å²) in [5.74, 6) is -0.0111. The number of rotatable bonds is 6. The fourth-order valence-corrected chi connectivity index (χ4v) is 3.02. The molecule has 1 fully saturated rings. The maximum absolute atomic E-state index is 12.7. The Balaban J connectivity index is 1.72. The molecule has 8 heteroatoms. The summed E-state index contributed by atoms with van der Waals surface area (Å²) in [6.07, 6.45) is 3.62. The van der Waals surface area contributed by atoms with Crippen LogP contribution in [0.2, 0.25) is 0 Å². The van der Waals surface area contributed by atoms with Gasteiger partial charge in [0.25, 0.3) is 11.8 Å². The third-order valence-corrected chi connectivity index (χ3v) is 4.50. The first-order chi connectivity index (χ1) is 14.0. The lowest BCUT2D eigenvalue weighted by Crippen LogP contribution is -2.48. The SMILES string of the molecule is CC(C)Oc1ccccc1NC(=O)c1cncc(C(=O)N2CCN(C=O)CC2)c1. The zero-order valence-corrected chi connectivity index (χ0v) is 16.5. The van der Waals surface area contributed by atoms with E-state index >= 15 is 0 Å². The molecular weight excluding hydrogens is 372 g/mol. The Morgan fingerprint density at radius 3 is 2.48 bits per heavy atom. The number of anilines is 1. The zero-order chi connectivity index (χ0) is 20.8. The number of carbonyl (C=O) groups is 3. The highest BCUT2D eigenvalue weighted by atomic mass is 16.5. The zero-order valence-electron chi connectivity index (χ0n) is 16.5. The minimum Gasteiger partial charge on any atom is -0.489 e. The molecule has 1 aliphatic heterocycles. The molecule has 0 atom stereocenters. The van der Waals surface area contributed by atoms with E-state index in [0.29, 0.717) is 43.2 Å². The fraction of sp³-hybridized carbons (Fsp3) is 0.333. The van der Waals surface area contributed by atoms with Gasteiger partial charge in [0.2, 0.25) is 6.41 Å². The highest BCUT2D eigenvalue weighted by Gasteiger charge is 2.22. The summed E-state index contributed by atoms with van der Waals surface area (Å²) < 4.78 is 5.72. The Bertz CT molecular complexity index is 892. The number of nitrogens with zero attached hydrogens (tertiary/aromatic N) is 3. The quantitative estimate of drug-likeness (QED) is 0.755. The number of amides is 3. The van der Waals surface area contributed by atoms with Crippen LogP contribution in [0.3, 0.4) is 0 Å². The molecule has 0 radical (unpaired) electrons. The summed E-state index contributed by atoms with van der Waals surface area (Å²) in [4.78, 5) is 43.6. The molecule has 1 saturated heterocycles. The van der Waals surface area contributed by atoms with E-state index in [0.717, 1.165) is 6.41 Å². The van der Waals surface area contributed by atoms with E-state index in [4.69, 9.17) is 4.74 Å². The molecule has 1 N–H and O–H groups in total. The molecular formula is C21H24N4O4. The van der Waals surface area contributed by atoms with Crippen LogP contribution in [0.15, 0.2) is 42.7 Å². The van der Waals surface area contributed by atoms with Gasteiger partial charge in [-0.1, -0.05) is 12.1 Å². The second-order valence-electron chi connectivity index (χ2n) is 7.01. The number of benzene rings is 1. The van der Waals surface area contributed by atoms with Crippen molar-refractivity contribution in [2.24, 2.45) is 0 Å². The van der Waals surface area contributed by atoms with Gasteiger partial charge in [-0.2, -0.15) is 0 Å². The van der Waals surface area contributed by atoms with Crippen molar-refractivity contribution in [1.82, 2.24) is 14.8 Å². The molecule has 0 aliphatic carbocycles. The van der Waals surface area contributed by atoms with Crippen molar-refractivity contribution in [2.75, 3.05) is 31.5 Å². The number of ether oxygens (including phenoxy) is 1. The van der Waals surface area contributed by atoms with Crippen LogP contribution in [0.25, 0.3) is 0 Å². The summed E-state index contributed by atoms with van der Waals surface area (Å²) >= 11 is 0. The van der Waals surface area contributed by atoms with Gasteiger partial charge >= 0.3 is 0 Å². The molecule has 152 valence electrons. The summed E-state index contributed by atoms with van der Waals surface area (Å²) in [6.45, 7) is 5.71. The minimum atomic E-state index is -0.377. The van der Waals surface area contributed by atoms with Crippen molar-refractivity contribution in [2.45, 2.75) is 20.0 Å². The van der Waals surface area contributed by atoms with E-state index in [9.17, 15) is 14.4 Å². The highest BCUT2D eigenvalue weighted by Crippen LogP contribution is 2.25. The van der Waals surface area contributed by atoms with E-state index in [1.54, 1.807) is 28.0 Å². The van der Waals surface area contributed by atoms with Gasteiger partial charge in [0, 0.05) is 38.6 Å².